The number of carbonyl (C=O) groups is 1. The summed E-state index contributed by atoms with van der Waals surface area (Å²) in [4.78, 5) is 12.3. The summed E-state index contributed by atoms with van der Waals surface area (Å²) in [5, 5.41) is 3.43. The van der Waals surface area contributed by atoms with E-state index in [9.17, 15) is 4.79 Å². The van der Waals surface area contributed by atoms with Crippen LogP contribution in [0.1, 0.15) is 48.6 Å². The van der Waals surface area contributed by atoms with Crippen molar-refractivity contribution in [2.75, 3.05) is 0 Å². The molecule has 0 aliphatic carbocycles. The van der Waals surface area contributed by atoms with Crippen LogP contribution < -0.4 is 5.32 Å². The molecular formula is C23H29NO2. The summed E-state index contributed by atoms with van der Waals surface area (Å²) in [5.74, 6) is -0.346. The van der Waals surface area contributed by atoms with Crippen LogP contribution in [-0.2, 0) is 16.1 Å². The SMILES string of the molecule is Cc1cc(C)c(CN/C(=C\C(=O)OC(C)(C)C)c2ccccc2)c(C)c1. The highest BCUT2D eigenvalue weighted by Crippen LogP contribution is 2.19. The molecule has 0 bridgehead atoms. The van der Waals surface area contributed by atoms with Crippen molar-refractivity contribution in [3.63, 3.8) is 0 Å². The van der Waals surface area contributed by atoms with Crippen molar-refractivity contribution in [1.29, 1.82) is 0 Å². The lowest BCUT2D eigenvalue weighted by molar-refractivity contribution is -0.148. The normalized spacial score (nSPS) is 12.0. The first kappa shape index (κ1) is 19.8. The van der Waals surface area contributed by atoms with Crippen molar-refractivity contribution in [1.82, 2.24) is 5.32 Å². The monoisotopic (exact) mass is 351 g/mol. The van der Waals surface area contributed by atoms with Crippen LogP contribution in [0.15, 0.2) is 48.5 Å². The topological polar surface area (TPSA) is 38.3 Å². The van der Waals surface area contributed by atoms with E-state index < -0.39 is 5.60 Å². The fraction of sp³-hybridized carbons (Fsp3) is 0.348. The molecule has 0 heterocycles. The second-order valence-corrected chi connectivity index (χ2v) is 7.69. The van der Waals surface area contributed by atoms with Gasteiger partial charge in [-0.15, -0.1) is 0 Å². The Morgan fingerprint density at radius 3 is 2.15 bits per heavy atom. The van der Waals surface area contributed by atoms with Crippen molar-refractivity contribution in [2.45, 2.75) is 53.7 Å². The van der Waals surface area contributed by atoms with E-state index in [1.807, 2.05) is 51.1 Å². The number of carbonyl (C=O) groups excluding carboxylic acids is 1. The minimum Gasteiger partial charge on any atom is -0.457 e. The van der Waals surface area contributed by atoms with Gasteiger partial charge >= 0.3 is 5.97 Å². The Morgan fingerprint density at radius 2 is 1.62 bits per heavy atom. The molecule has 3 heteroatoms. The van der Waals surface area contributed by atoms with Gasteiger partial charge in [0.2, 0.25) is 0 Å². The van der Waals surface area contributed by atoms with Crippen molar-refractivity contribution < 1.29 is 9.53 Å². The Bertz CT molecular complexity index is 776. The zero-order valence-corrected chi connectivity index (χ0v) is 16.6. The lowest BCUT2D eigenvalue weighted by Crippen LogP contribution is -2.24. The first-order valence-electron chi connectivity index (χ1n) is 8.96. The zero-order chi connectivity index (χ0) is 19.3. The minimum absolute atomic E-state index is 0.346. The fourth-order valence-corrected chi connectivity index (χ4v) is 2.98. The van der Waals surface area contributed by atoms with Gasteiger partial charge in [0, 0.05) is 18.3 Å². The molecule has 2 aromatic rings. The zero-order valence-electron chi connectivity index (χ0n) is 16.6. The number of hydrogen-bond donors (Lipinski definition) is 1. The standard InChI is InChI=1S/C23H29NO2/c1-16-12-17(2)20(18(3)13-16)15-24-21(19-10-8-7-9-11-19)14-22(25)26-23(4,5)6/h7-14,24H,15H2,1-6H3/b21-14-. The average molecular weight is 351 g/mol. The molecule has 2 aromatic carbocycles. The van der Waals surface area contributed by atoms with Crippen LogP contribution in [0.2, 0.25) is 0 Å². The predicted octanol–water partition coefficient (Wildman–Crippen LogP) is 5.08. The highest BCUT2D eigenvalue weighted by Gasteiger charge is 2.16. The highest BCUT2D eigenvalue weighted by molar-refractivity contribution is 5.91. The average Bonchev–Trinajstić information content (AvgIpc) is 2.51. The van der Waals surface area contributed by atoms with E-state index in [-0.39, 0.29) is 5.97 Å². The molecule has 0 radical (unpaired) electrons. The molecule has 1 N–H and O–H groups in total. The Labute approximate surface area is 157 Å². The van der Waals surface area contributed by atoms with E-state index in [0.29, 0.717) is 6.54 Å². The molecule has 138 valence electrons. The smallest absolute Gasteiger partial charge is 0.333 e. The molecule has 0 fully saturated rings. The molecule has 0 unspecified atom stereocenters. The molecule has 26 heavy (non-hydrogen) atoms. The van der Waals surface area contributed by atoms with Crippen LogP contribution in [0.3, 0.4) is 0 Å². The molecule has 0 amide bonds. The second-order valence-electron chi connectivity index (χ2n) is 7.69. The van der Waals surface area contributed by atoms with E-state index in [1.165, 1.54) is 22.3 Å². The summed E-state index contributed by atoms with van der Waals surface area (Å²) in [6, 6.07) is 14.2. The third-order valence-electron chi connectivity index (χ3n) is 4.05. The van der Waals surface area contributed by atoms with Crippen LogP contribution >= 0.6 is 0 Å². The third kappa shape index (κ3) is 5.76. The van der Waals surface area contributed by atoms with Crippen LogP contribution in [0, 0.1) is 20.8 Å². The second kappa shape index (κ2) is 8.22. The summed E-state index contributed by atoms with van der Waals surface area (Å²) in [6.07, 6.45) is 1.54. The van der Waals surface area contributed by atoms with Gasteiger partial charge in [0.15, 0.2) is 0 Å². The molecule has 0 saturated heterocycles. The van der Waals surface area contributed by atoms with Gasteiger partial charge < -0.3 is 10.1 Å². The van der Waals surface area contributed by atoms with Crippen molar-refractivity contribution in [2.24, 2.45) is 0 Å². The Kier molecular flexibility index (Phi) is 6.25. The van der Waals surface area contributed by atoms with Gasteiger partial charge in [0.25, 0.3) is 0 Å². The summed E-state index contributed by atoms with van der Waals surface area (Å²) in [5.41, 5.74) is 6.22. The molecule has 0 saturated carbocycles. The van der Waals surface area contributed by atoms with Gasteiger partial charge in [-0.1, -0.05) is 48.0 Å². The van der Waals surface area contributed by atoms with Crippen LogP contribution in [-0.4, -0.2) is 11.6 Å². The van der Waals surface area contributed by atoms with Gasteiger partial charge in [0.1, 0.15) is 5.60 Å². The first-order valence-corrected chi connectivity index (χ1v) is 8.96. The summed E-state index contributed by atoms with van der Waals surface area (Å²) in [7, 11) is 0. The fourth-order valence-electron chi connectivity index (χ4n) is 2.98. The molecule has 0 spiro atoms. The third-order valence-corrected chi connectivity index (χ3v) is 4.05. The van der Waals surface area contributed by atoms with E-state index in [1.54, 1.807) is 6.08 Å². The summed E-state index contributed by atoms with van der Waals surface area (Å²) in [6.45, 7) is 12.6. The number of hydrogen-bond acceptors (Lipinski definition) is 3. The van der Waals surface area contributed by atoms with Crippen molar-refractivity contribution in [3.05, 3.63) is 76.4 Å². The van der Waals surface area contributed by atoms with E-state index in [2.05, 4.69) is 38.2 Å². The molecule has 3 nitrogen and oxygen atoms in total. The van der Waals surface area contributed by atoms with E-state index >= 15 is 0 Å². The van der Waals surface area contributed by atoms with Crippen LogP contribution in [0.25, 0.3) is 5.70 Å². The molecule has 2 rings (SSSR count). The predicted molar refractivity (Wildman–Crippen MR) is 108 cm³/mol. The Balaban J connectivity index is 2.27. The molecule has 0 aliphatic rings. The quantitative estimate of drug-likeness (QED) is 0.603. The van der Waals surface area contributed by atoms with Crippen LogP contribution in [0.4, 0.5) is 0 Å². The molecular weight excluding hydrogens is 322 g/mol. The number of nitrogens with one attached hydrogen (secondary N) is 1. The highest BCUT2D eigenvalue weighted by atomic mass is 16.6. The van der Waals surface area contributed by atoms with E-state index in [4.69, 9.17) is 4.74 Å². The van der Waals surface area contributed by atoms with Gasteiger partial charge in [-0.25, -0.2) is 4.79 Å². The number of ether oxygens (including phenoxy) is 1. The molecule has 0 aliphatic heterocycles. The largest absolute Gasteiger partial charge is 0.457 e. The maximum absolute atomic E-state index is 12.3. The van der Waals surface area contributed by atoms with Crippen molar-refractivity contribution in [3.8, 4) is 0 Å². The lowest BCUT2D eigenvalue weighted by atomic mass is 9.99. The maximum Gasteiger partial charge on any atom is 0.333 e. The maximum atomic E-state index is 12.3. The van der Waals surface area contributed by atoms with Gasteiger partial charge in [0.05, 0.1) is 0 Å². The molecule has 0 aromatic heterocycles. The van der Waals surface area contributed by atoms with E-state index in [0.717, 1.165) is 11.3 Å². The first-order chi connectivity index (χ1) is 12.2. The number of esters is 1. The lowest BCUT2D eigenvalue weighted by Gasteiger charge is -2.19. The molecule has 0 atom stereocenters. The van der Waals surface area contributed by atoms with Gasteiger partial charge in [-0.3, -0.25) is 0 Å². The minimum atomic E-state index is -0.514. The Morgan fingerprint density at radius 1 is 1.04 bits per heavy atom. The van der Waals surface area contributed by atoms with Gasteiger partial charge in [-0.05, 0) is 63.8 Å². The number of rotatable bonds is 5. The number of benzene rings is 2. The summed E-state index contributed by atoms with van der Waals surface area (Å²) >= 11 is 0. The van der Waals surface area contributed by atoms with Crippen LogP contribution in [0.5, 0.6) is 0 Å². The van der Waals surface area contributed by atoms with Crippen molar-refractivity contribution >= 4 is 11.7 Å². The van der Waals surface area contributed by atoms with Gasteiger partial charge in [-0.2, -0.15) is 0 Å². The Hall–Kier alpha value is -2.55. The number of aryl methyl sites for hydroxylation is 3. The summed E-state index contributed by atoms with van der Waals surface area (Å²) < 4.78 is 5.45.